The van der Waals surface area contributed by atoms with Crippen LogP contribution in [0.2, 0.25) is 0 Å². The largest absolute Gasteiger partial charge is 0.369 e. The van der Waals surface area contributed by atoms with Gasteiger partial charge in [0.15, 0.2) is 5.65 Å². The maximum Gasteiger partial charge on any atom is 0.163 e. The topological polar surface area (TPSA) is 84.3 Å². The molecule has 0 unspecified atom stereocenters. The third kappa shape index (κ3) is 2.93. The molecular formula is C15H21N7. The lowest BCUT2D eigenvalue weighted by Gasteiger charge is -2.19. The second-order valence-corrected chi connectivity index (χ2v) is 6.30. The summed E-state index contributed by atoms with van der Waals surface area (Å²) in [6.45, 7) is 7.17. The third-order valence-electron chi connectivity index (χ3n) is 3.47. The first-order valence-electron chi connectivity index (χ1n) is 7.47. The Bertz CT molecular complexity index is 737. The molecule has 7 heteroatoms. The number of fused-ring (bicyclic) bond motifs is 1. The number of rotatable bonds is 5. The van der Waals surface area contributed by atoms with E-state index < -0.39 is 0 Å². The first-order valence-corrected chi connectivity index (χ1v) is 7.47. The molecule has 0 saturated carbocycles. The van der Waals surface area contributed by atoms with Crippen LogP contribution >= 0.6 is 0 Å². The van der Waals surface area contributed by atoms with Gasteiger partial charge in [-0.05, 0) is 39.7 Å². The van der Waals surface area contributed by atoms with Crippen molar-refractivity contribution < 1.29 is 0 Å². The predicted molar refractivity (Wildman–Crippen MR) is 85.7 cm³/mol. The van der Waals surface area contributed by atoms with Crippen LogP contribution in [0.4, 0.5) is 5.82 Å². The van der Waals surface area contributed by atoms with Crippen LogP contribution in [-0.2, 0) is 12.0 Å². The fourth-order valence-electron chi connectivity index (χ4n) is 2.39. The Labute approximate surface area is 129 Å². The van der Waals surface area contributed by atoms with Gasteiger partial charge in [0.2, 0.25) is 0 Å². The molecule has 0 spiro atoms. The molecule has 0 amide bonds. The quantitative estimate of drug-likeness (QED) is 0.706. The first kappa shape index (κ1) is 14.5. The van der Waals surface area contributed by atoms with E-state index in [0.717, 1.165) is 41.9 Å². The summed E-state index contributed by atoms with van der Waals surface area (Å²) in [6, 6.07) is 2.00. The molecule has 3 aromatic heterocycles. The van der Waals surface area contributed by atoms with Crippen LogP contribution in [0.1, 0.15) is 32.9 Å². The zero-order chi connectivity index (χ0) is 15.6. The van der Waals surface area contributed by atoms with Gasteiger partial charge in [-0.2, -0.15) is 10.2 Å². The molecule has 2 N–H and O–H groups in total. The lowest BCUT2D eigenvalue weighted by molar-refractivity contribution is 0.366. The Kier molecular flexibility index (Phi) is 3.79. The standard InChI is InChI=1S/C15H21N7/c1-15(2,3)22-14-12(9-20-22)13(17-10-18-14)16-7-4-5-11-6-8-19-21-11/h6,8-10H,4-5,7H2,1-3H3,(H,19,21)(H,16,17,18). The van der Waals surface area contributed by atoms with Gasteiger partial charge in [-0.1, -0.05) is 0 Å². The maximum atomic E-state index is 4.46. The predicted octanol–water partition coefficient (Wildman–Crippen LogP) is 2.35. The normalized spacial score (nSPS) is 12.0. The highest BCUT2D eigenvalue weighted by molar-refractivity contribution is 5.86. The number of hydrogen-bond acceptors (Lipinski definition) is 5. The summed E-state index contributed by atoms with van der Waals surface area (Å²) in [6.07, 6.45) is 7.16. The van der Waals surface area contributed by atoms with Crippen molar-refractivity contribution in [2.24, 2.45) is 0 Å². The van der Waals surface area contributed by atoms with Crippen molar-refractivity contribution in [3.8, 4) is 0 Å². The average Bonchev–Trinajstić information content (AvgIpc) is 3.12. The van der Waals surface area contributed by atoms with E-state index in [2.05, 4.69) is 51.4 Å². The van der Waals surface area contributed by atoms with Crippen LogP contribution in [0, 0.1) is 0 Å². The molecular weight excluding hydrogens is 278 g/mol. The number of anilines is 1. The summed E-state index contributed by atoms with van der Waals surface area (Å²) in [5, 5.41) is 15.7. The molecule has 0 aliphatic rings. The molecule has 0 aliphatic heterocycles. The number of hydrogen-bond donors (Lipinski definition) is 2. The molecule has 0 fully saturated rings. The van der Waals surface area contributed by atoms with Gasteiger partial charge in [0.25, 0.3) is 0 Å². The molecule has 3 rings (SSSR count). The molecule has 0 aromatic carbocycles. The van der Waals surface area contributed by atoms with Gasteiger partial charge in [-0.3, -0.25) is 5.10 Å². The second-order valence-electron chi connectivity index (χ2n) is 6.30. The van der Waals surface area contributed by atoms with Crippen LogP contribution in [-0.4, -0.2) is 36.5 Å². The second kappa shape index (κ2) is 5.75. The SMILES string of the molecule is CC(C)(C)n1ncc2c(NCCCc3ccn[nH]3)ncnc21. The minimum Gasteiger partial charge on any atom is -0.369 e. The van der Waals surface area contributed by atoms with Crippen LogP contribution in [0.25, 0.3) is 11.0 Å². The van der Waals surface area contributed by atoms with Gasteiger partial charge in [0.05, 0.1) is 17.1 Å². The number of H-pyrrole nitrogens is 1. The lowest BCUT2D eigenvalue weighted by Crippen LogP contribution is -2.23. The van der Waals surface area contributed by atoms with Gasteiger partial charge < -0.3 is 5.32 Å². The van der Waals surface area contributed by atoms with Gasteiger partial charge in [0.1, 0.15) is 12.1 Å². The molecule has 0 bridgehead atoms. The molecule has 116 valence electrons. The lowest BCUT2D eigenvalue weighted by atomic mass is 10.1. The number of aryl methyl sites for hydroxylation is 1. The fourth-order valence-corrected chi connectivity index (χ4v) is 2.39. The van der Waals surface area contributed by atoms with Crippen molar-refractivity contribution in [3.63, 3.8) is 0 Å². The molecule has 22 heavy (non-hydrogen) atoms. The molecule has 0 atom stereocenters. The zero-order valence-electron chi connectivity index (χ0n) is 13.2. The van der Waals surface area contributed by atoms with Crippen molar-refractivity contribution >= 4 is 16.9 Å². The van der Waals surface area contributed by atoms with Crippen molar-refractivity contribution in [1.29, 1.82) is 0 Å². The van der Waals surface area contributed by atoms with E-state index >= 15 is 0 Å². The Morgan fingerprint density at radius 1 is 1.27 bits per heavy atom. The summed E-state index contributed by atoms with van der Waals surface area (Å²) in [5.74, 6) is 0.838. The molecule has 7 nitrogen and oxygen atoms in total. The van der Waals surface area contributed by atoms with Gasteiger partial charge in [-0.25, -0.2) is 14.6 Å². The molecule has 0 radical (unpaired) electrons. The van der Waals surface area contributed by atoms with E-state index in [1.807, 2.05) is 16.9 Å². The van der Waals surface area contributed by atoms with Crippen LogP contribution in [0.5, 0.6) is 0 Å². The van der Waals surface area contributed by atoms with E-state index in [1.165, 1.54) is 0 Å². The maximum absolute atomic E-state index is 4.46. The fraction of sp³-hybridized carbons (Fsp3) is 0.467. The minimum atomic E-state index is -0.103. The molecule has 3 aromatic rings. The van der Waals surface area contributed by atoms with Gasteiger partial charge >= 0.3 is 0 Å². The number of nitrogens with zero attached hydrogens (tertiary/aromatic N) is 5. The van der Waals surface area contributed by atoms with E-state index in [1.54, 1.807) is 12.5 Å². The van der Waals surface area contributed by atoms with Gasteiger partial charge in [-0.15, -0.1) is 0 Å². The van der Waals surface area contributed by atoms with Crippen molar-refractivity contribution in [2.75, 3.05) is 11.9 Å². The minimum absolute atomic E-state index is 0.103. The van der Waals surface area contributed by atoms with Gasteiger partial charge in [0, 0.05) is 18.4 Å². The molecule has 3 heterocycles. The summed E-state index contributed by atoms with van der Waals surface area (Å²) in [5.41, 5.74) is 1.90. The Morgan fingerprint density at radius 2 is 2.14 bits per heavy atom. The molecule has 0 aliphatic carbocycles. The first-order chi connectivity index (χ1) is 10.6. The summed E-state index contributed by atoms with van der Waals surface area (Å²) in [7, 11) is 0. The van der Waals surface area contributed by atoms with Crippen LogP contribution in [0.15, 0.2) is 24.8 Å². The average molecular weight is 299 g/mol. The highest BCUT2D eigenvalue weighted by atomic mass is 15.3. The zero-order valence-corrected chi connectivity index (χ0v) is 13.2. The Hall–Kier alpha value is -2.44. The Balaban J connectivity index is 1.70. The number of aromatic amines is 1. The summed E-state index contributed by atoms with van der Waals surface area (Å²) in [4.78, 5) is 8.71. The highest BCUT2D eigenvalue weighted by Gasteiger charge is 2.19. The molecule has 0 saturated heterocycles. The van der Waals surface area contributed by atoms with Crippen molar-refractivity contribution in [1.82, 2.24) is 29.9 Å². The third-order valence-corrected chi connectivity index (χ3v) is 3.47. The highest BCUT2D eigenvalue weighted by Crippen LogP contribution is 2.23. The van der Waals surface area contributed by atoms with Crippen molar-refractivity contribution in [3.05, 3.63) is 30.5 Å². The monoisotopic (exact) mass is 299 g/mol. The van der Waals surface area contributed by atoms with E-state index in [-0.39, 0.29) is 5.54 Å². The van der Waals surface area contributed by atoms with E-state index in [4.69, 9.17) is 0 Å². The summed E-state index contributed by atoms with van der Waals surface area (Å²) >= 11 is 0. The summed E-state index contributed by atoms with van der Waals surface area (Å²) < 4.78 is 1.93. The van der Waals surface area contributed by atoms with E-state index in [0.29, 0.717) is 0 Å². The van der Waals surface area contributed by atoms with E-state index in [9.17, 15) is 0 Å². The Morgan fingerprint density at radius 3 is 2.86 bits per heavy atom. The van der Waals surface area contributed by atoms with Crippen LogP contribution < -0.4 is 5.32 Å². The number of nitrogens with one attached hydrogen (secondary N) is 2. The van der Waals surface area contributed by atoms with Crippen LogP contribution in [0.3, 0.4) is 0 Å². The van der Waals surface area contributed by atoms with Crippen molar-refractivity contribution in [2.45, 2.75) is 39.2 Å². The smallest absolute Gasteiger partial charge is 0.163 e. The number of aromatic nitrogens is 6.